The van der Waals surface area contributed by atoms with Crippen LogP contribution in [0.2, 0.25) is 0 Å². The minimum atomic E-state index is -4.14. The lowest BCUT2D eigenvalue weighted by Gasteiger charge is -2.15. The van der Waals surface area contributed by atoms with Crippen LogP contribution in [0.15, 0.2) is 83.8 Å². The first kappa shape index (κ1) is 24.9. The van der Waals surface area contributed by atoms with Crippen LogP contribution in [0.1, 0.15) is 43.0 Å². The molecule has 1 aliphatic heterocycles. The number of ether oxygens (including phenoxy) is 1. The molecule has 0 spiro atoms. The van der Waals surface area contributed by atoms with Crippen molar-refractivity contribution in [1.82, 2.24) is 8.87 Å². The summed E-state index contributed by atoms with van der Waals surface area (Å²) in [6.45, 7) is 4.60. The van der Waals surface area contributed by atoms with E-state index >= 15 is 0 Å². The van der Waals surface area contributed by atoms with Gasteiger partial charge in [-0.05, 0) is 55.3 Å². The third-order valence-electron chi connectivity index (χ3n) is 7.27. The molecule has 0 N–H and O–H groups in total. The fourth-order valence-corrected chi connectivity index (χ4v) is 6.97. The number of amides is 1. The van der Waals surface area contributed by atoms with E-state index in [1.807, 2.05) is 50.2 Å². The molecule has 0 bridgehead atoms. The van der Waals surface area contributed by atoms with Crippen molar-refractivity contribution >= 4 is 43.7 Å². The minimum Gasteiger partial charge on any atom is -0.465 e. The first-order valence-electron chi connectivity index (χ1n) is 12.5. The molecule has 7 nitrogen and oxygen atoms in total. The van der Waals surface area contributed by atoms with E-state index in [0.29, 0.717) is 40.5 Å². The summed E-state index contributed by atoms with van der Waals surface area (Å²) >= 11 is 0. The Morgan fingerprint density at radius 1 is 0.923 bits per heavy atom. The Morgan fingerprint density at radius 3 is 2.31 bits per heavy atom. The van der Waals surface area contributed by atoms with Crippen LogP contribution in [0.25, 0.3) is 21.8 Å². The van der Waals surface area contributed by atoms with E-state index in [1.54, 1.807) is 35.2 Å². The average molecular weight is 539 g/mol. The van der Waals surface area contributed by atoms with Crippen LogP contribution >= 0.6 is 0 Å². The molecule has 6 rings (SSSR count). The standard InChI is InChI=1S/C31H26N2O5S/c1-19-9-12-21(13-10-19)17-32-18-22-16-25(31(35)38-3)29-28(27(22)30(32)34)24-15-20(2)11-14-26(24)33(29)39(36,37)23-7-5-4-6-8-23/h4-16H,17-18H2,1-3H3. The van der Waals surface area contributed by atoms with Gasteiger partial charge in [-0.1, -0.05) is 59.7 Å². The number of methoxy groups -OCH3 is 1. The lowest BCUT2D eigenvalue weighted by Crippen LogP contribution is -2.23. The lowest BCUT2D eigenvalue weighted by molar-refractivity contribution is 0.0602. The number of fused-ring (bicyclic) bond motifs is 5. The van der Waals surface area contributed by atoms with Crippen LogP contribution < -0.4 is 0 Å². The third kappa shape index (κ3) is 3.90. The maximum absolute atomic E-state index is 14.1. The zero-order valence-electron chi connectivity index (χ0n) is 21.8. The molecule has 2 heterocycles. The van der Waals surface area contributed by atoms with Gasteiger partial charge >= 0.3 is 5.97 Å². The zero-order chi connectivity index (χ0) is 27.5. The summed E-state index contributed by atoms with van der Waals surface area (Å²) in [5.74, 6) is -0.874. The molecule has 5 aromatic rings. The van der Waals surface area contributed by atoms with Gasteiger partial charge in [-0.25, -0.2) is 17.2 Å². The van der Waals surface area contributed by atoms with Gasteiger partial charge in [0.2, 0.25) is 0 Å². The Kier molecular flexibility index (Phi) is 5.80. The van der Waals surface area contributed by atoms with E-state index in [1.165, 1.54) is 23.2 Å². The van der Waals surface area contributed by atoms with Crippen LogP contribution in [-0.2, 0) is 27.8 Å². The molecule has 0 unspecified atom stereocenters. The first-order chi connectivity index (χ1) is 18.7. The van der Waals surface area contributed by atoms with Crippen LogP contribution in [0.5, 0.6) is 0 Å². The summed E-state index contributed by atoms with van der Waals surface area (Å²) in [6.07, 6.45) is 0. The second-order valence-corrected chi connectivity index (χ2v) is 11.7. The molecular weight excluding hydrogens is 512 g/mol. The summed E-state index contributed by atoms with van der Waals surface area (Å²) < 4.78 is 34.5. The van der Waals surface area contributed by atoms with Gasteiger partial charge in [-0.15, -0.1) is 0 Å². The molecule has 196 valence electrons. The highest BCUT2D eigenvalue weighted by molar-refractivity contribution is 7.90. The number of aromatic nitrogens is 1. The molecule has 8 heteroatoms. The fourth-order valence-electron chi connectivity index (χ4n) is 5.41. The largest absolute Gasteiger partial charge is 0.465 e. The smallest absolute Gasteiger partial charge is 0.340 e. The second kappa shape index (κ2) is 9.10. The Bertz CT molecular complexity index is 1910. The number of aryl methyl sites for hydroxylation is 2. The molecule has 0 saturated carbocycles. The van der Waals surface area contributed by atoms with E-state index in [-0.39, 0.29) is 21.9 Å². The van der Waals surface area contributed by atoms with Crippen molar-refractivity contribution in [2.45, 2.75) is 31.8 Å². The fraction of sp³-hybridized carbons (Fsp3) is 0.161. The van der Waals surface area contributed by atoms with Gasteiger partial charge in [-0.2, -0.15) is 0 Å². The predicted octanol–water partition coefficient (Wildman–Crippen LogP) is 5.59. The third-order valence-corrected chi connectivity index (χ3v) is 9.00. The number of rotatable bonds is 5. The number of esters is 1. The van der Waals surface area contributed by atoms with E-state index in [0.717, 1.165) is 16.7 Å². The predicted molar refractivity (Wildman–Crippen MR) is 149 cm³/mol. The lowest BCUT2D eigenvalue weighted by atomic mass is 9.98. The van der Waals surface area contributed by atoms with Crippen molar-refractivity contribution in [2.24, 2.45) is 0 Å². The SMILES string of the molecule is COC(=O)c1cc2c(c3c4cc(C)ccc4n(S(=O)(=O)c4ccccc4)c13)C(=O)N(Cc1ccc(C)cc1)C2. The van der Waals surface area contributed by atoms with Crippen molar-refractivity contribution in [2.75, 3.05) is 7.11 Å². The highest BCUT2D eigenvalue weighted by Gasteiger charge is 2.36. The molecule has 1 amide bonds. The topological polar surface area (TPSA) is 85.7 Å². The molecule has 1 aliphatic rings. The molecular formula is C31H26N2O5S. The Morgan fingerprint density at radius 2 is 1.62 bits per heavy atom. The van der Waals surface area contributed by atoms with Crippen molar-refractivity contribution in [3.63, 3.8) is 0 Å². The Hall–Kier alpha value is -4.43. The van der Waals surface area contributed by atoms with Crippen molar-refractivity contribution in [3.8, 4) is 0 Å². The molecule has 0 aliphatic carbocycles. The number of hydrogen-bond acceptors (Lipinski definition) is 5. The summed E-state index contributed by atoms with van der Waals surface area (Å²) in [5, 5.41) is 1.04. The zero-order valence-corrected chi connectivity index (χ0v) is 22.6. The van der Waals surface area contributed by atoms with Crippen molar-refractivity contribution < 1.29 is 22.7 Å². The summed E-state index contributed by atoms with van der Waals surface area (Å²) in [6, 6.07) is 23.1. The van der Waals surface area contributed by atoms with Crippen molar-refractivity contribution in [1.29, 1.82) is 0 Å². The van der Waals surface area contributed by atoms with Gasteiger partial charge in [0.05, 0.1) is 34.2 Å². The van der Waals surface area contributed by atoms with Gasteiger partial charge in [0, 0.05) is 23.9 Å². The van der Waals surface area contributed by atoms with Gasteiger partial charge < -0.3 is 9.64 Å². The molecule has 0 fully saturated rings. The first-order valence-corrected chi connectivity index (χ1v) is 14.0. The molecule has 4 aromatic carbocycles. The van der Waals surface area contributed by atoms with Crippen molar-refractivity contribution in [3.05, 3.63) is 112 Å². The minimum absolute atomic E-state index is 0.0769. The molecule has 1 aromatic heterocycles. The number of hydrogen-bond donors (Lipinski definition) is 0. The number of carbonyl (C=O) groups excluding carboxylic acids is 2. The van der Waals surface area contributed by atoms with Gasteiger partial charge in [-0.3, -0.25) is 4.79 Å². The Balaban J connectivity index is 1.67. The average Bonchev–Trinajstić information content (AvgIpc) is 3.43. The van der Waals surface area contributed by atoms with E-state index in [2.05, 4.69) is 0 Å². The normalized spacial score (nSPS) is 13.3. The van der Waals surface area contributed by atoms with E-state index < -0.39 is 16.0 Å². The molecule has 0 saturated heterocycles. The van der Waals surface area contributed by atoms with E-state index in [9.17, 15) is 18.0 Å². The van der Waals surface area contributed by atoms with Gasteiger partial charge in [0.25, 0.3) is 15.9 Å². The molecule has 39 heavy (non-hydrogen) atoms. The number of benzene rings is 4. The van der Waals surface area contributed by atoms with Gasteiger partial charge in [0.15, 0.2) is 0 Å². The van der Waals surface area contributed by atoms with Crippen LogP contribution in [0, 0.1) is 13.8 Å². The molecule has 0 atom stereocenters. The summed E-state index contributed by atoms with van der Waals surface area (Å²) in [7, 11) is -2.88. The van der Waals surface area contributed by atoms with Crippen LogP contribution in [-0.4, -0.2) is 36.3 Å². The quantitative estimate of drug-likeness (QED) is 0.272. The summed E-state index contributed by atoms with van der Waals surface area (Å²) in [4.78, 5) is 28.9. The highest BCUT2D eigenvalue weighted by atomic mass is 32.2. The second-order valence-electron chi connectivity index (χ2n) is 9.92. The maximum atomic E-state index is 14.1. The monoisotopic (exact) mass is 538 g/mol. The van der Waals surface area contributed by atoms with E-state index in [4.69, 9.17) is 4.74 Å². The summed E-state index contributed by atoms with van der Waals surface area (Å²) in [5.41, 5.74) is 4.74. The Labute approximate surface area is 226 Å². The van der Waals surface area contributed by atoms with Crippen LogP contribution in [0.4, 0.5) is 0 Å². The van der Waals surface area contributed by atoms with Gasteiger partial charge in [0.1, 0.15) is 0 Å². The van der Waals surface area contributed by atoms with Crippen LogP contribution in [0.3, 0.4) is 0 Å². The molecule has 0 radical (unpaired) electrons. The number of carbonyl (C=O) groups is 2. The maximum Gasteiger partial charge on any atom is 0.340 e. The number of nitrogens with zero attached hydrogens (tertiary/aromatic N) is 2. The highest BCUT2D eigenvalue weighted by Crippen LogP contribution is 2.41.